The molecule has 1 aromatic rings. The highest BCUT2D eigenvalue weighted by molar-refractivity contribution is 7.15. The van der Waals surface area contributed by atoms with Gasteiger partial charge in [0, 0.05) is 31.2 Å². The van der Waals surface area contributed by atoms with E-state index in [9.17, 15) is 0 Å². The number of rotatable bonds is 5. The minimum absolute atomic E-state index is 0.308. The lowest BCUT2D eigenvalue weighted by Crippen LogP contribution is -2.28. The number of nitrogens with zero attached hydrogens (tertiary/aromatic N) is 2. The van der Waals surface area contributed by atoms with Crippen LogP contribution in [0.3, 0.4) is 0 Å². The molecule has 3 nitrogen and oxygen atoms in total. The quantitative estimate of drug-likeness (QED) is 0.859. The van der Waals surface area contributed by atoms with Crippen LogP contribution in [0, 0.1) is 5.41 Å². The fourth-order valence-electron chi connectivity index (χ4n) is 1.58. The molecule has 0 radical (unpaired) electrons. The summed E-state index contributed by atoms with van der Waals surface area (Å²) in [4.78, 5) is 8.00. The number of anilines is 1. The fourth-order valence-corrected chi connectivity index (χ4v) is 2.42. The molecule has 0 spiro atoms. The van der Waals surface area contributed by atoms with Crippen molar-refractivity contribution in [3.63, 3.8) is 0 Å². The van der Waals surface area contributed by atoms with Crippen LogP contribution < -0.4 is 10.2 Å². The summed E-state index contributed by atoms with van der Waals surface area (Å²) in [5, 5.41) is 4.43. The molecule has 1 rings (SSSR count). The fraction of sp³-hybridized carbons (Fsp3) is 0.750. The van der Waals surface area contributed by atoms with E-state index in [1.165, 1.54) is 4.88 Å². The second kappa shape index (κ2) is 5.64. The summed E-state index contributed by atoms with van der Waals surface area (Å²) >= 11 is 1.77. The number of nitrogens with one attached hydrogen (secondary N) is 1. The number of aromatic nitrogens is 1. The van der Waals surface area contributed by atoms with Gasteiger partial charge < -0.3 is 10.2 Å². The Kier molecular flexibility index (Phi) is 4.74. The highest BCUT2D eigenvalue weighted by atomic mass is 32.1. The Morgan fingerprint density at radius 2 is 2.12 bits per heavy atom. The Morgan fingerprint density at radius 1 is 1.44 bits per heavy atom. The molecule has 0 saturated carbocycles. The van der Waals surface area contributed by atoms with Gasteiger partial charge in [-0.2, -0.15) is 0 Å². The molecule has 0 amide bonds. The van der Waals surface area contributed by atoms with Crippen molar-refractivity contribution in [3.05, 3.63) is 11.1 Å². The topological polar surface area (TPSA) is 28.2 Å². The maximum absolute atomic E-state index is 4.46. The van der Waals surface area contributed by atoms with Gasteiger partial charge in [-0.1, -0.05) is 27.7 Å². The van der Waals surface area contributed by atoms with Crippen LogP contribution in [0.25, 0.3) is 0 Å². The van der Waals surface area contributed by atoms with Crippen LogP contribution in [0.5, 0.6) is 0 Å². The summed E-state index contributed by atoms with van der Waals surface area (Å²) in [6.07, 6.45) is 1.97. The van der Waals surface area contributed by atoms with E-state index in [1.807, 2.05) is 6.20 Å². The summed E-state index contributed by atoms with van der Waals surface area (Å²) in [7, 11) is 2.11. The summed E-state index contributed by atoms with van der Waals surface area (Å²) in [6, 6.07) is 0. The molecule has 0 bridgehead atoms. The van der Waals surface area contributed by atoms with Gasteiger partial charge in [0.2, 0.25) is 0 Å². The molecule has 16 heavy (non-hydrogen) atoms. The Labute approximate surface area is 103 Å². The Hall–Kier alpha value is -0.610. The lowest BCUT2D eigenvalue weighted by Gasteiger charge is -2.26. The van der Waals surface area contributed by atoms with Gasteiger partial charge in [-0.3, -0.25) is 0 Å². The third-order valence-corrected chi connectivity index (χ3v) is 3.24. The van der Waals surface area contributed by atoms with E-state index in [2.05, 4.69) is 49.9 Å². The molecule has 0 unspecified atom stereocenters. The first kappa shape index (κ1) is 13.5. The largest absolute Gasteiger partial charge is 0.351 e. The molecule has 0 aliphatic rings. The molecule has 0 saturated heterocycles. The second-order valence-electron chi connectivity index (χ2n) is 5.31. The molecule has 0 aromatic carbocycles. The average Bonchev–Trinajstić information content (AvgIpc) is 2.60. The van der Waals surface area contributed by atoms with Gasteiger partial charge in [-0.05, 0) is 12.0 Å². The Bertz CT molecular complexity index is 314. The molecule has 4 heteroatoms. The Morgan fingerprint density at radius 3 is 2.69 bits per heavy atom. The van der Waals surface area contributed by atoms with Crippen LogP contribution in [0.1, 0.15) is 32.6 Å². The van der Waals surface area contributed by atoms with Crippen LogP contribution in [0.15, 0.2) is 6.20 Å². The van der Waals surface area contributed by atoms with Gasteiger partial charge in [-0.25, -0.2) is 4.98 Å². The molecular formula is C12H23N3S. The third-order valence-electron chi connectivity index (χ3n) is 2.13. The van der Waals surface area contributed by atoms with Crippen LogP contribution in [0.4, 0.5) is 5.13 Å². The number of thiazole rings is 1. The summed E-state index contributed by atoms with van der Waals surface area (Å²) in [5.74, 6) is 0. The van der Waals surface area contributed by atoms with Crippen molar-refractivity contribution in [2.24, 2.45) is 5.41 Å². The number of hydrogen-bond donors (Lipinski definition) is 1. The van der Waals surface area contributed by atoms with E-state index < -0.39 is 0 Å². The van der Waals surface area contributed by atoms with Crippen molar-refractivity contribution < 1.29 is 0 Å². The minimum atomic E-state index is 0.308. The van der Waals surface area contributed by atoms with E-state index in [-0.39, 0.29) is 0 Å². The lowest BCUT2D eigenvalue weighted by molar-refractivity contribution is 0.419. The van der Waals surface area contributed by atoms with E-state index in [1.54, 1.807) is 11.3 Å². The molecule has 0 aliphatic carbocycles. The zero-order chi connectivity index (χ0) is 12.2. The molecule has 1 N–H and O–H groups in total. The lowest BCUT2D eigenvalue weighted by atomic mass is 9.96. The monoisotopic (exact) mass is 241 g/mol. The molecule has 0 aliphatic heterocycles. The molecule has 1 aromatic heterocycles. The standard InChI is InChI=1S/C12H23N3S/c1-6-13-7-10-8-14-11(16-10)15(5)9-12(2,3)4/h8,13H,6-7,9H2,1-5H3. The van der Waals surface area contributed by atoms with Crippen LogP contribution >= 0.6 is 11.3 Å². The first-order chi connectivity index (χ1) is 7.42. The van der Waals surface area contributed by atoms with Crippen LogP contribution in [-0.4, -0.2) is 25.1 Å². The minimum Gasteiger partial charge on any atom is -0.351 e. The zero-order valence-electron chi connectivity index (χ0n) is 11.0. The van der Waals surface area contributed by atoms with Gasteiger partial charge in [0.25, 0.3) is 0 Å². The average molecular weight is 241 g/mol. The maximum Gasteiger partial charge on any atom is 0.185 e. The predicted octanol–water partition coefficient (Wildman–Crippen LogP) is 2.73. The zero-order valence-corrected chi connectivity index (χ0v) is 11.8. The smallest absolute Gasteiger partial charge is 0.185 e. The predicted molar refractivity (Wildman–Crippen MR) is 72.2 cm³/mol. The summed E-state index contributed by atoms with van der Waals surface area (Å²) in [5.41, 5.74) is 0.308. The highest BCUT2D eigenvalue weighted by Crippen LogP contribution is 2.24. The molecule has 1 heterocycles. The normalized spacial score (nSPS) is 11.8. The van der Waals surface area contributed by atoms with Crippen molar-refractivity contribution in [1.82, 2.24) is 10.3 Å². The van der Waals surface area contributed by atoms with Crippen LogP contribution in [0.2, 0.25) is 0 Å². The van der Waals surface area contributed by atoms with Crippen molar-refractivity contribution in [2.45, 2.75) is 34.2 Å². The van der Waals surface area contributed by atoms with E-state index in [0.29, 0.717) is 5.41 Å². The highest BCUT2D eigenvalue weighted by Gasteiger charge is 2.15. The van der Waals surface area contributed by atoms with Crippen LogP contribution in [-0.2, 0) is 6.54 Å². The summed E-state index contributed by atoms with van der Waals surface area (Å²) in [6.45, 7) is 11.8. The second-order valence-corrected chi connectivity index (χ2v) is 6.40. The van der Waals surface area contributed by atoms with Gasteiger partial charge in [0.15, 0.2) is 5.13 Å². The van der Waals surface area contributed by atoms with Crippen molar-refractivity contribution >= 4 is 16.5 Å². The van der Waals surface area contributed by atoms with Gasteiger partial charge in [0.1, 0.15) is 0 Å². The Balaban J connectivity index is 2.56. The summed E-state index contributed by atoms with van der Waals surface area (Å²) < 4.78 is 0. The van der Waals surface area contributed by atoms with E-state index in [4.69, 9.17) is 0 Å². The SMILES string of the molecule is CCNCc1cnc(N(C)CC(C)(C)C)s1. The van der Waals surface area contributed by atoms with E-state index in [0.717, 1.165) is 24.8 Å². The molecule has 0 fully saturated rings. The van der Waals surface area contributed by atoms with Crippen molar-refractivity contribution in [3.8, 4) is 0 Å². The van der Waals surface area contributed by atoms with Crippen molar-refractivity contribution in [2.75, 3.05) is 25.0 Å². The van der Waals surface area contributed by atoms with Crippen molar-refractivity contribution in [1.29, 1.82) is 0 Å². The molecular weight excluding hydrogens is 218 g/mol. The van der Waals surface area contributed by atoms with E-state index >= 15 is 0 Å². The maximum atomic E-state index is 4.46. The number of hydrogen-bond acceptors (Lipinski definition) is 4. The van der Waals surface area contributed by atoms with Gasteiger partial charge >= 0.3 is 0 Å². The third kappa shape index (κ3) is 4.49. The van der Waals surface area contributed by atoms with Gasteiger partial charge in [-0.15, -0.1) is 11.3 Å². The first-order valence-corrected chi connectivity index (χ1v) is 6.60. The molecule has 0 atom stereocenters. The van der Waals surface area contributed by atoms with Gasteiger partial charge in [0.05, 0.1) is 0 Å². The first-order valence-electron chi connectivity index (χ1n) is 5.79. The molecule has 92 valence electrons.